The largest absolute Gasteiger partial charge is 0.349 e. The molecule has 1 aromatic carbocycles. The van der Waals surface area contributed by atoms with Crippen LogP contribution in [0.2, 0.25) is 0 Å². The number of guanidine groups is 1. The van der Waals surface area contributed by atoms with Crippen LogP contribution in [0.25, 0.3) is 0 Å². The number of hydrogen-bond acceptors (Lipinski definition) is 4. The Hall–Kier alpha value is -2.76. The third-order valence-electron chi connectivity index (χ3n) is 2.80. The molecular weight excluding hydrogens is 276 g/mol. The molecule has 114 valence electrons. The minimum atomic E-state index is 0.590. The zero-order valence-corrected chi connectivity index (χ0v) is 13.3. The van der Waals surface area contributed by atoms with Gasteiger partial charge in [0.1, 0.15) is 0 Å². The molecular formula is C16H20N6. The Balaban J connectivity index is 2.13. The van der Waals surface area contributed by atoms with E-state index in [9.17, 15) is 0 Å². The van der Waals surface area contributed by atoms with Crippen molar-refractivity contribution in [2.75, 3.05) is 28.2 Å². The highest BCUT2D eigenvalue weighted by atomic mass is 15.3. The van der Waals surface area contributed by atoms with E-state index in [0.29, 0.717) is 5.82 Å². The van der Waals surface area contributed by atoms with Gasteiger partial charge in [0.05, 0.1) is 11.4 Å². The van der Waals surface area contributed by atoms with Crippen LogP contribution in [0.15, 0.2) is 63.9 Å². The standard InChI is InChI=1S/C16H20N6/c1-21(2)16(22(3)4)18-13-8-10-14(11-9-13)19-20-15-7-5-6-12-17-15/h5-12H,1-4H3. The second-order valence-electron chi connectivity index (χ2n) is 5.10. The first-order valence-corrected chi connectivity index (χ1v) is 6.92. The molecule has 0 saturated carbocycles. The lowest BCUT2D eigenvalue weighted by molar-refractivity contribution is 0.484. The van der Waals surface area contributed by atoms with Gasteiger partial charge in [0.25, 0.3) is 0 Å². The van der Waals surface area contributed by atoms with Crippen molar-refractivity contribution in [2.45, 2.75) is 0 Å². The molecule has 2 rings (SSSR count). The molecule has 0 aliphatic rings. The van der Waals surface area contributed by atoms with Crippen LogP contribution in [-0.2, 0) is 0 Å². The summed E-state index contributed by atoms with van der Waals surface area (Å²) in [5.74, 6) is 1.47. The van der Waals surface area contributed by atoms with E-state index < -0.39 is 0 Å². The van der Waals surface area contributed by atoms with Gasteiger partial charge in [-0.05, 0) is 36.4 Å². The molecule has 1 aromatic heterocycles. The topological polar surface area (TPSA) is 56.5 Å². The van der Waals surface area contributed by atoms with Crippen LogP contribution in [0.3, 0.4) is 0 Å². The van der Waals surface area contributed by atoms with Crippen molar-refractivity contribution >= 4 is 23.2 Å². The highest BCUT2D eigenvalue weighted by Gasteiger charge is 2.04. The predicted molar refractivity (Wildman–Crippen MR) is 89.3 cm³/mol. The summed E-state index contributed by atoms with van der Waals surface area (Å²) in [4.78, 5) is 12.6. The van der Waals surface area contributed by atoms with E-state index in [1.54, 1.807) is 6.20 Å². The molecule has 0 bridgehead atoms. The van der Waals surface area contributed by atoms with Gasteiger partial charge in [-0.1, -0.05) is 6.07 Å². The molecule has 0 unspecified atom stereocenters. The maximum atomic E-state index is 4.60. The molecule has 22 heavy (non-hydrogen) atoms. The van der Waals surface area contributed by atoms with Crippen molar-refractivity contribution in [3.05, 3.63) is 48.7 Å². The van der Waals surface area contributed by atoms with Crippen LogP contribution in [0.1, 0.15) is 0 Å². The maximum Gasteiger partial charge on any atom is 0.200 e. The lowest BCUT2D eigenvalue weighted by Gasteiger charge is -2.22. The summed E-state index contributed by atoms with van der Waals surface area (Å²) in [6.45, 7) is 0. The molecule has 0 spiro atoms. The molecule has 0 atom stereocenters. The molecule has 0 radical (unpaired) electrons. The van der Waals surface area contributed by atoms with Gasteiger partial charge in [0.15, 0.2) is 5.82 Å². The fraction of sp³-hybridized carbons (Fsp3) is 0.250. The van der Waals surface area contributed by atoms with Gasteiger partial charge >= 0.3 is 0 Å². The van der Waals surface area contributed by atoms with Gasteiger partial charge in [-0.15, -0.1) is 10.2 Å². The Kier molecular flexibility index (Phi) is 5.19. The van der Waals surface area contributed by atoms with Gasteiger partial charge in [0, 0.05) is 34.4 Å². The van der Waals surface area contributed by atoms with Crippen LogP contribution >= 0.6 is 0 Å². The molecule has 0 aliphatic heterocycles. The average Bonchev–Trinajstić information content (AvgIpc) is 2.52. The Morgan fingerprint density at radius 2 is 1.45 bits per heavy atom. The fourth-order valence-corrected chi connectivity index (χ4v) is 1.83. The lowest BCUT2D eigenvalue weighted by Crippen LogP contribution is -2.35. The minimum absolute atomic E-state index is 0.590. The highest BCUT2D eigenvalue weighted by Crippen LogP contribution is 2.21. The Morgan fingerprint density at radius 1 is 0.818 bits per heavy atom. The zero-order valence-electron chi connectivity index (χ0n) is 13.3. The van der Waals surface area contributed by atoms with Crippen LogP contribution in [-0.4, -0.2) is 48.9 Å². The van der Waals surface area contributed by atoms with E-state index in [2.05, 4.69) is 20.2 Å². The summed E-state index contributed by atoms with van der Waals surface area (Å²) in [6, 6.07) is 13.1. The third-order valence-corrected chi connectivity index (χ3v) is 2.80. The van der Waals surface area contributed by atoms with Gasteiger partial charge in [-0.25, -0.2) is 9.98 Å². The number of azo groups is 1. The summed E-state index contributed by atoms with van der Waals surface area (Å²) in [7, 11) is 7.87. The molecule has 0 saturated heterocycles. The van der Waals surface area contributed by atoms with Gasteiger partial charge in [0.2, 0.25) is 5.96 Å². The number of hydrogen-bond donors (Lipinski definition) is 0. The number of nitrogens with zero attached hydrogens (tertiary/aromatic N) is 6. The monoisotopic (exact) mass is 296 g/mol. The fourth-order valence-electron chi connectivity index (χ4n) is 1.83. The van der Waals surface area contributed by atoms with E-state index in [1.165, 1.54) is 0 Å². The first kappa shape index (κ1) is 15.6. The van der Waals surface area contributed by atoms with Crippen molar-refractivity contribution in [1.29, 1.82) is 0 Å². The first-order chi connectivity index (χ1) is 10.6. The normalized spacial score (nSPS) is 10.5. The van der Waals surface area contributed by atoms with Gasteiger partial charge < -0.3 is 9.80 Å². The highest BCUT2D eigenvalue weighted by molar-refractivity contribution is 5.82. The smallest absolute Gasteiger partial charge is 0.200 e. The Bertz CT molecular complexity index is 634. The summed E-state index contributed by atoms with van der Waals surface area (Å²) in [6.07, 6.45) is 1.69. The molecule has 6 nitrogen and oxygen atoms in total. The van der Waals surface area contributed by atoms with Crippen LogP contribution in [0.5, 0.6) is 0 Å². The second kappa shape index (κ2) is 7.31. The predicted octanol–water partition coefficient (Wildman–Crippen LogP) is 3.61. The van der Waals surface area contributed by atoms with E-state index in [-0.39, 0.29) is 0 Å². The van der Waals surface area contributed by atoms with Crippen LogP contribution in [0.4, 0.5) is 17.2 Å². The molecule has 2 aromatic rings. The SMILES string of the molecule is CN(C)C(=Nc1ccc(N=Nc2ccccn2)cc1)N(C)C. The molecule has 0 aliphatic carbocycles. The van der Waals surface area contributed by atoms with Crippen molar-refractivity contribution in [1.82, 2.24) is 14.8 Å². The quantitative estimate of drug-likeness (QED) is 0.494. The molecule has 0 fully saturated rings. The van der Waals surface area contributed by atoms with E-state index in [1.807, 2.05) is 80.5 Å². The second-order valence-corrected chi connectivity index (χ2v) is 5.10. The van der Waals surface area contributed by atoms with Crippen LogP contribution in [0, 0.1) is 0 Å². The van der Waals surface area contributed by atoms with E-state index in [0.717, 1.165) is 17.3 Å². The molecule has 1 heterocycles. The van der Waals surface area contributed by atoms with E-state index in [4.69, 9.17) is 0 Å². The number of aromatic nitrogens is 1. The molecule has 0 N–H and O–H groups in total. The number of pyridine rings is 1. The third kappa shape index (κ3) is 4.37. The summed E-state index contributed by atoms with van der Waals surface area (Å²) in [5.41, 5.74) is 1.63. The van der Waals surface area contributed by atoms with Crippen molar-refractivity contribution in [3.8, 4) is 0 Å². The summed E-state index contributed by atoms with van der Waals surface area (Å²) in [5, 5.41) is 8.25. The van der Waals surface area contributed by atoms with Crippen molar-refractivity contribution in [2.24, 2.45) is 15.2 Å². The van der Waals surface area contributed by atoms with Gasteiger partial charge in [-0.3, -0.25) is 0 Å². The Morgan fingerprint density at radius 3 is 2.00 bits per heavy atom. The molecule has 0 amide bonds. The summed E-state index contributed by atoms with van der Waals surface area (Å²) < 4.78 is 0. The van der Waals surface area contributed by atoms with Crippen molar-refractivity contribution in [3.63, 3.8) is 0 Å². The van der Waals surface area contributed by atoms with E-state index >= 15 is 0 Å². The minimum Gasteiger partial charge on any atom is -0.349 e. The Labute approximate surface area is 130 Å². The van der Waals surface area contributed by atoms with Crippen LogP contribution < -0.4 is 0 Å². The number of aliphatic imine (C=N–C) groups is 1. The molecule has 6 heteroatoms. The first-order valence-electron chi connectivity index (χ1n) is 6.92. The van der Waals surface area contributed by atoms with Crippen molar-refractivity contribution < 1.29 is 0 Å². The van der Waals surface area contributed by atoms with Gasteiger partial charge in [-0.2, -0.15) is 0 Å². The number of benzene rings is 1. The number of rotatable bonds is 3. The zero-order chi connectivity index (χ0) is 15.9. The maximum absolute atomic E-state index is 4.60. The lowest BCUT2D eigenvalue weighted by atomic mass is 10.3. The average molecular weight is 296 g/mol. The summed E-state index contributed by atoms with van der Waals surface area (Å²) >= 11 is 0.